The lowest BCUT2D eigenvalue weighted by molar-refractivity contribution is -0.384. The van der Waals surface area contributed by atoms with Crippen molar-refractivity contribution in [2.45, 2.75) is 6.92 Å². The summed E-state index contributed by atoms with van der Waals surface area (Å²) in [5.41, 5.74) is 0.714. The van der Waals surface area contributed by atoms with Gasteiger partial charge >= 0.3 is 5.97 Å². The summed E-state index contributed by atoms with van der Waals surface area (Å²) in [5.74, 6) is -1.23. The van der Waals surface area contributed by atoms with Gasteiger partial charge in [-0.25, -0.2) is 4.79 Å². The molecule has 1 amide bonds. The molecule has 2 rings (SSSR count). The number of carbonyl (C=O) groups excluding carboxylic acids is 2. The van der Waals surface area contributed by atoms with Gasteiger partial charge in [0.2, 0.25) is 0 Å². The van der Waals surface area contributed by atoms with Crippen LogP contribution in [-0.2, 0) is 9.53 Å². The summed E-state index contributed by atoms with van der Waals surface area (Å²) in [5, 5.41) is 16.6. The summed E-state index contributed by atoms with van der Waals surface area (Å²) < 4.78 is 8.43. The predicted octanol–water partition coefficient (Wildman–Crippen LogP) is 1.55. The molecule has 1 N–H and O–H groups in total. The number of hydrogen-bond donors (Lipinski definition) is 1. The van der Waals surface area contributed by atoms with Gasteiger partial charge in [0.05, 0.1) is 10.6 Å². The van der Waals surface area contributed by atoms with Gasteiger partial charge in [-0.2, -0.15) is 0 Å². The number of nitro groups is 1. The lowest BCUT2D eigenvalue weighted by Gasteiger charge is -2.05. The third-order valence-corrected chi connectivity index (χ3v) is 3.34. The first-order valence-corrected chi connectivity index (χ1v) is 6.75. The maximum Gasteiger partial charge on any atom is 0.352 e. The van der Waals surface area contributed by atoms with Gasteiger partial charge in [0.1, 0.15) is 0 Å². The van der Waals surface area contributed by atoms with Crippen molar-refractivity contribution in [3.63, 3.8) is 0 Å². The van der Waals surface area contributed by atoms with Crippen LogP contribution in [0.1, 0.15) is 15.4 Å². The Balaban J connectivity index is 1.86. The molecule has 0 fully saturated rings. The maximum absolute atomic E-state index is 11.7. The number of amides is 1. The number of esters is 1. The van der Waals surface area contributed by atoms with Crippen LogP contribution in [-0.4, -0.2) is 33.0 Å². The van der Waals surface area contributed by atoms with Gasteiger partial charge < -0.3 is 10.1 Å². The molecular formula is C12H10N4O5S. The van der Waals surface area contributed by atoms with Crippen molar-refractivity contribution >= 4 is 34.8 Å². The van der Waals surface area contributed by atoms with Crippen LogP contribution >= 0.6 is 11.5 Å². The summed E-state index contributed by atoms with van der Waals surface area (Å²) >= 11 is 0.886. The fourth-order valence-corrected chi connectivity index (χ4v) is 2.03. The molecule has 22 heavy (non-hydrogen) atoms. The van der Waals surface area contributed by atoms with E-state index in [9.17, 15) is 19.7 Å². The van der Waals surface area contributed by atoms with E-state index in [1.54, 1.807) is 6.92 Å². The predicted molar refractivity (Wildman–Crippen MR) is 76.7 cm³/mol. The summed E-state index contributed by atoms with van der Waals surface area (Å²) in [4.78, 5) is 33.5. The van der Waals surface area contributed by atoms with Gasteiger partial charge in [-0.05, 0) is 30.6 Å². The van der Waals surface area contributed by atoms with E-state index in [0.717, 1.165) is 11.5 Å². The Labute approximate surface area is 128 Å². The first-order chi connectivity index (χ1) is 10.5. The molecule has 0 bridgehead atoms. The second-order valence-corrected chi connectivity index (χ2v) is 4.87. The summed E-state index contributed by atoms with van der Waals surface area (Å²) in [6.07, 6.45) is 0. The topological polar surface area (TPSA) is 124 Å². The van der Waals surface area contributed by atoms with Crippen LogP contribution in [0.4, 0.5) is 11.4 Å². The zero-order valence-corrected chi connectivity index (χ0v) is 12.1. The highest BCUT2D eigenvalue weighted by Crippen LogP contribution is 2.15. The Bertz CT molecular complexity index is 713. The summed E-state index contributed by atoms with van der Waals surface area (Å²) in [6, 6.07) is 5.28. The fraction of sp³-hybridized carbons (Fsp3) is 0.167. The number of nitrogens with one attached hydrogen (secondary N) is 1. The molecule has 10 heteroatoms. The minimum absolute atomic E-state index is 0.0856. The molecule has 9 nitrogen and oxygen atoms in total. The van der Waals surface area contributed by atoms with E-state index in [2.05, 4.69) is 14.9 Å². The molecule has 0 aliphatic rings. The lowest BCUT2D eigenvalue weighted by atomic mass is 10.3. The number of hydrogen-bond acceptors (Lipinski definition) is 8. The molecule has 0 atom stereocenters. The van der Waals surface area contributed by atoms with Gasteiger partial charge in [-0.3, -0.25) is 14.9 Å². The van der Waals surface area contributed by atoms with E-state index >= 15 is 0 Å². The Morgan fingerprint density at radius 1 is 1.36 bits per heavy atom. The number of aromatic nitrogens is 2. The first-order valence-electron chi connectivity index (χ1n) is 5.98. The van der Waals surface area contributed by atoms with E-state index in [1.807, 2.05) is 0 Å². The molecular weight excluding hydrogens is 312 g/mol. The third kappa shape index (κ3) is 3.82. The van der Waals surface area contributed by atoms with E-state index in [4.69, 9.17) is 4.74 Å². The third-order valence-electron chi connectivity index (χ3n) is 2.53. The van der Waals surface area contributed by atoms with Crippen LogP contribution in [0.15, 0.2) is 24.3 Å². The Morgan fingerprint density at radius 3 is 2.59 bits per heavy atom. The van der Waals surface area contributed by atoms with Crippen molar-refractivity contribution in [2.75, 3.05) is 11.9 Å². The van der Waals surface area contributed by atoms with Crippen LogP contribution in [0.5, 0.6) is 0 Å². The van der Waals surface area contributed by atoms with Gasteiger partial charge in [-0.1, -0.05) is 4.49 Å². The molecule has 114 valence electrons. The quantitative estimate of drug-likeness (QED) is 0.503. The molecule has 0 aliphatic heterocycles. The second-order valence-electron chi connectivity index (χ2n) is 4.12. The zero-order chi connectivity index (χ0) is 16.1. The number of nitro benzene ring substituents is 1. The Hall–Kier alpha value is -2.88. The van der Waals surface area contributed by atoms with Crippen molar-refractivity contribution in [2.24, 2.45) is 0 Å². The van der Waals surface area contributed by atoms with Gasteiger partial charge in [0, 0.05) is 17.8 Å². The minimum Gasteiger partial charge on any atom is -0.451 e. The highest BCUT2D eigenvalue weighted by molar-refractivity contribution is 7.07. The highest BCUT2D eigenvalue weighted by Gasteiger charge is 2.16. The molecule has 0 radical (unpaired) electrons. The molecule has 2 aromatic rings. The van der Waals surface area contributed by atoms with Crippen molar-refractivity contribution < 1.29 is 19.2 Å². The smallest absolute Gasteiger partial charge is 0.352 e. The van der Waals surface area contributed by atoms with Gasteiger partial charge in [-0.15, -0.1) is 5.10 Å². The number of non-ortho nitro benzene ring substituents is 1. The number of carbonyl (C=O) groups is 2. The summed E-state index contributed by atoms with van der Waals surface area (Å²) in [6.45, 7) is 1.13. The van der Waals surface area contributed by atoms with E-state index in [1.165, 1.54) is 24.3 Å². The average molecular weight is 322 g/mol. The van der Waals surface area contributed by atoms with Crippen molar-refractivity contribution in [1.29, 1.82) is 0 Å². The molecule has 0 saturated carbocycles. The van der Waals surface area contributed by atoms with Gasteiger partial charge in [0.25, 0.3) is 11.6 Å². The second kappa shape index (κ2) is 6.72. The van der Waals surface area contributed by atoms with E-state index < -0.39 is 23.4 Å². The largest absolute Gasteiger partial charge is 0.451 e. The monoisotopic (exact) mass is 322 g/mol. The number of benzene rings is 1. The SMILES string of the molecule is Cc1nnsc1C(=O)OCC(=O)Nc1ccc([N+](=O)[O-])cc1. The molecule has 1 aromatic carbocycles. The van der Waals surface area contributed by atoms with E-state index in [-0.39, 0.29) is 10.6 Å². The van der Waals surface area contributed by atoms with Crippen LogP contribution in [0.2, 0.25) is 0 Å². The zero-order valence-electron chi connectivity index (χ0n) is 11.3. The maximum atomic E-state index is 11.7. The minimum atomic E-state index is -0.675. The van der Waals surface area contributed by atoms with Gasteiger partial charge in [0.15, 0.2) is 11.5 Å². The van der Waals surface area contributed by atoms with Crippen LogP contribution in [0, 0.1) is 17.0 Å². The summed E-state index contributed by atoms with van der Waals surface area (Å²) in [7, 11) is 0. The fourth-order valence-electron chi connectivity index (χ4n) is 1.48. The Morgan fingerprint density at radius 2 is 2.05 bits per heavy atom. The molecule has 0 saturated heterocycles. The molecule has 1 aromatic heterocycles. The average Bonchev–Trinajstić information content (AvgIpc) is 2.91. The van der Waals surface area contributed by atoms with Crippen LogP contribution < -0.4 is 5.32 Å². The standard InChI is InChI=1S/C12H10N4O5S/c1-7-11(22-15-14-7)12(18)21-6-10(17)13-8-2-4-9(5-3-8)16(19)20/h2-5H,6H2,1H3,(H,13,17). The molecule has 0 unspecified atom stereocenters. The van der Waals surface area contributed by atoms with Crippen LogP contribution in [0.3, 0.4) is 0 Å². The number of anilines is 1. The normalized spacial score (nSPS) is 10.0. The number of ether oxygens (including phenoxy) is 1. The molecule has 0 aliphatic carbocycles. The highest BCUT2D eigenvalue weighted by atomic mass is 32.1. The van der Waals surface area contributed by atoms with E-state index in [0.29, 0.717) is 11.4 Å². The number of nitrogens with zero attached hydrogens (tertiary/aromatic N) is 3. The van der Waals surface area contributed by atoms with Crippen molar-refractivity contribution in [3.8, 4) is 0 Å². The van der Waals surface area contributed by atoms with Crippen molar-refractivity contribution in [3.05, 3.63) is 45.0 Å². The number of aryl methyl sites for hydroxylation is 1. The molecule has 1 heterocycles. The van der Waals surface area contributed by atoms with Crippen LogP contribution in [0.25, 0.3) is 0 Å². The van der Waals surface area contributed by atoms with Crippen molar-refractivity contribution in [1.82, 2.24) is 9.59 Å². The number of rotatable bonds is 5. The lowest BCUT2D eigenvalue weighted by Crippen LogP contribution is -2.20. The Kier molecular flexibility index (Phi) is 4.73. The first kappa shape index (κ1) is 15.5. The molecule has 0 spiro atoms.